The van der Waals surface area contributed by atoms with Crippen molar-refractivity contribution in [2.24, 2.45) is 5.41 Å². The molecule has 1 aliphatic carbocycles. The molecule has 0 aromatic rings. The van der Waals surface area contributed by atoms with E-state index in [0.717, 1.165) is 6.42 Å². The number of hydrogen-bond donors (Lipinski definition) is 1. The summed E-state index contributed by atoms with van der Waals surface area (Å²) >= 11 is 0. The first-order valence-corrected chi connectivity index (χ1v) is 6.93. The third kappa shape index (κ3) is 2.30. The first kappa shape index (κ1) is 14.5. The second-order valence-corrected chi connectivity index (χ2v) is 6.45. The lowest BCUT2D eigenvalue weighted by molar-refractivity contribution is -0.141. The number of rotatable bonds is 4. The van der Waals surface area contributed by atoms with Crippen LogP contribution in [0.5, 0.6) is 0 Å². The van der Waals surface area contributed by atoms with Crippen LogP contribution >= 0.6 is 0 Å². The molecule has 0 aromatic carbocycles. The predicted molar refractivity (Wildman–Crippen MR) is 71.5 cm³/mol. The minimum absolute atomic E-state index is 0.00330. The maximum absolute atomic E-state index is 12.2. The summed E-state index contributed by atoms with van der Waals surface area (Å²) in [5.41, 5.74) is 0.00330. The Morgan fingerprint density at radius 2 is 2.00 bits per heavy atom. The Morgan fingerprint density at radius 1 is 1.37 bits per heavy atom. The van der Waals surface area contributed by atoms with Gasteiger partial charge in [-0.3, -0.25) is 14.5 Å². The van der Waals surface area contributed by atoms with Crippen molar-refractivity contribution in [3.8, 4) is 0 Å². The molecule has 19 heavy (non-hydrogen) atoms. The first-order valence-electron chi connectivity index (χ1n) is 6.93. The minimum Gasteiger partial charge on any atom is -0.381 e. The van der Waals surface area contributed by atoms with Crippen LogP contribution in [-0.2, 0) is 14.3 Å². The third-order valence-corrected chi connectivity index (χ3v) is 4.56. The Kier molecular flexibility index (Phi) is 3.71. The van der Waals surface area contributed by atoms with Crippen molar-refractivity contribution in [2.45, 2.75) is 64.8 Å². The Morgan fingerprint density at radius 3 is 2.42 bits per heavy atom. The van der Waals surface area contributed by atoms with Crippen molar-refractivity contribution in [1.29, 1.82) is 0 Å². The molecule has 3 unspecified atom stereocenters. The molecular formula is C14H24N2O3. The van der Waals surface area contributed by atoms with E-state index in [1.54, 1.807) is 7.11 Å². The first-order chi connectivity index (χ1) is 8.78. The number of carbonyl (C=O) groups is 2. The highest BCUT2D eigenvalue weighted by atomic mass is 16.5. The number of hydrogen-bond acceptors (Lipinski definition) is 4. The number of nitrogens with zero attached hydrogens (tertiary/aromatic N) is 1. The van der Waals surface area contributed by atoms with E-state index in [4.69, 9.17) is 4.74 Å². The Hall–Kier alpha value is -0.940. The molecule has 2 amide bonds. The van der Waals surface area contributed by atoms with Crippen molar-refractivity contribution in [1.82, 2.24) is 10.2 Å². The minimum atomic E-state index is -0.364. The van der Waals surface area contributed by atoms with Gasteiger partial charge < -0.3 is 10.1 Å². The summed E-state index contributed by atoms with van der Waals surface area (Å²) in [6.07, 6.45) is 1.39. The standard InChI is InChI=1S/C14H24N2O3/c1-8(2)16-12(17)6-9(13(16)18)15-10-7-11(19-5)14(10,3)4/h8-11,15H,6-7H2,1-5H3. The maximum Gasteiger partial charge on any atom is 0.247 e. The molecule has 1 aliphatic heterocycles. The van der Waals surface area contributed by atoms with Gasteiger partial charge in [0.25, 0.3) is 0 Å². The Labute approximate surface area is 114 Å². The molecular weight excluding hydrogens is 244 g/mol. The van der Waals surface area contributed by atoms with Gasteiger partial charge in [-0.1, -0.05) is 13.8 Å². The molecule has 1 saturated heterocycles. The lowest BCUT2D eigenvalue weighted by atomic mass is 9.64. The van der Waals surface area contributed by atoms with Gasteiger partial charge in [-0.2, -0.15) is 0 Å². The SMILES string of the molecule is COC1CC(NC2CC(=O)N(C(C)C)C2=O)C1(C)C. The lowest BCUT2D eigenvalue weighted by Crippen LogP contribution is -2.63. The normalized spacial score (nSPS) is 34.0. The zero-order valence-corrected chi connectivity index (χ0v) is 12.4. The number of imide groups is 1. The molecule has 0 radical (unpaired) electrons. The molecule has 0 spiro atoms. The van der Waals surface area contributed by atoms with Crippen LogP contribution in [0.25, 0.3) is 0 Å². The molecule has 0 bridgehead atoms. The van der Waals surface area contributed by atoms with E-state index in [1.807, 2.05) is 13.8 Å². The van der Waals surface area contributed by atoms with E-state index < -0.39 is 0 Å². The van der Waals surface area contributed by atoms with Crippen molar-refractivity contribution in [3.63, 3.8) is 0 Å². The van der Waals surface area contributed by atoms with Gasteiger partial charge in [-0.15, -0.1) is 0 Å². The fraction of sp³-hybridized carbons (Fsp3) is 0.857. The largest absolute Gasteiger partial charge is 0.381 e. The van der Waals surface area contributed by atoms with Crippen molar-refractivity contribution in [2.75, 3.05) is 7.11 Å². The van der Waals surface area contributed by atoms with Crippen LogP contribution in [0.3, 0.4) is 0 Å². The van der Waals surface area contributed by atoms with Crippen molar-refractivity contribution in [3.05, 3.63) is 0 Å². The van der Waals surface area contributed by atoms with Crippen LogP contribution in [0.2, 0.25) is 0 Å². The van der Waals surface area contributed by atoms with E-state index in [1.165, 1.54) is 4.90 Å². The number of likely N-dealkylation sites (tertiary alicyclic amines) is 1. The molecule has 3 atom stereocenters. The van der Waals surface area contributed by atoms with Crippen LogP contribution < -0.4 is 5.32 Å². The summed E-state index contributed by atoms with van der Waals surface area (Å²) in [7, 11) is 1.72. The smallest absolute Gasteiger partial charge is 0.247 e. The van der Waals surface area contributed by atoms with Gasteiger partial charge in [0.15, 0.2) is 0 Å². The molecule has 5 heteroatoms. The van der Waals surface area contributed by atoms with E-state index in [0.29, 0.717) is 0 Å². The van der Waals surface area contributed by atoms with Gasteiger partial charge in [0.05, 0.1) is 18.6 Å². The maximum atomic E-state index is 12.2. The quantitative estimate of drug-likeness (QED) is 0.771. The van der Waals surface area contributed by atoms with Gasteiger partial charge in [0, 0.05) is 24.6 Å². The molecule has 1 heterocycles. The van der Waals surface area contributed by atoms with Gasteiger partial charge >= 0.3 is 0 Å². The van der Waals surface area contributed by atoms with Gasteiger partial charge in [0.1, 0.15) is 0 Å². The van der Waals surface area contributed by atoms with E-state index in [2.05, 4.69) is 19.2 Å². The summed E-state index contributed by atoms with van der Waals surface area (Å²) in [5, 5.41) is 3.34. The fourth-order valence-electron chi connectivity index (χ4n) is 3.13. The van der Waals surface area contributed by atoms with Gasteiger partial charge in [-0.05, 0) is 20.3 Å². The number of methoxy groups -OCH3 is 1. The zero-order chi connectivity index (χ0) is 14.4. The molecule has 0 aromatic heterocycles. The highest BCUT2D eigenvalue weighted by Crippen LogP contribution is 2.43. The van der Waals surface area contributed by atoms with E-state index in [-0.39, 0.29) is 47.9 Å². The van der Waals surface area contributed by atoms with Crippen molar-refractivity contribution < 1.29 is 14.3 Å². The van der Waals surface area contributed by atoms with Crippen LogP contribution in [0.15, 0.2) is 0 Å². The third-order valence-electron chi connectivity index (χ3n) is 4.56. The highest BCUT2D eigenvalue weighted by Gasteiger charge is 2.51. The monoisotopic (exact) mass is 268 g/mol. The van der Waals surface area contributed by atoms with Crippen LogP contribution in [0.4, 0.5) is 0 Å². The summed E-state index contributed by atoms with van der Waals surface area (Å²) in [4.78, 5) is 25.4. The average Bonchev–Trinajstić information content (AvgIpc) is 2.59. The molecule has 5 nitrogen and oxygen atoms in total. The topological polar surface area (TPSA) is 58.6 Å². The van der Waals surface area contributed by atoms with Gasteiger partial charge in [-0.25, -0.2) is 0 Å². The average molecular weight is 268 g/mol. The van der Waals surface area contributed by atoms with E-state index in [9.17, 15) is 9.59 Å². The number of amides is 2. The van der Waals surface area contributed by atoms with Crippen molar-refractivity contribution >= 4 is 11.8 Å². The molecule has 2 aliphatic rings. The summed E-state index contributed by atoms with van der Waals surface area (Å²) < 4.78 is 5.40. The second-order valence-electron chi connectivity index (χ2n) is 6.45. The van der Waals surface area contributed by atoms with Crippen LogP contribution in [-0.4, -0.2) is 48.1 Å². The molecule has 1 N–H and O–H groups in total. The lowest BCUT2D eigenvalue weighted by Gasteiger charge is -2.52. The zero-order valence-electron chi connectivity index (χ0n) is 12.4. The summed E-state index contributed by atoms with van der Waals surface area (Å²) in [5.74, 6) is -0.158. The Bertz CT molecular complexity index is 392. The summed E-state index contributed by atoms with van der Waals surface area (Å²) in [6.45, 7) is 7.99. The fourth-order valence-corrected chi connectivity index (χ4v) is 3.13. The predicted octanol–water partition coefficient (Wildman–Crippen LogP) is 0.925. The van der Waals surface area contributed by atoms with Crippen LogP contribution in [0.1, 0.15) is 40.5 Å². The van der Waals surface area contributed by atoms with Gasteiger partial charge in [0.2, 0.25) is 11.8 Å². The number of carbonyl (C=O) groups excluding carboxylic acids is 2. The molecule has 2 fully saturated rings. The van der Waals surface area contributed by atoms with E-state index >= 15 is 0 Å². The Balaban J connectivity index is 1.99. The molecule has 1 saturated carbocycles. The molecule has 2 rings (SSSR count). The van der Waals surface area contributed by atoms with Crippen LogP contribution in [0, 0.1) is 5.41 Å². The molecule has 108 valence electrons. The highest BCUT2D eigenvalue weighted by molar-refractivity contribution is 6.05. The number of ether oxygens (including phenoxy) is 1. The second kappa shape index (κ2) is 4.87. The number of nitrogens with one attached hydrogen (secondary N) is 1. The summed E-state index contributed by atoms with van der Waals surface area (Å²) in [6, 6.07) is -0.198.